The summed E-state index contributed by atoms with van der Waals surface area (Å²) in [5, 5.41) is 0. The van der Waals surface area contributed by atoms with Gasteiger partial charge in [0.2, 0.25) is 0 Å². The summed E-state index contributed by atoms with van der Waals surface area (Å²) >= 11 is 0. The molecule has 0 saturated heterocycles. The third-order valence-corrected chi connectivity index (χ3v) is 1.91. The fourth-order valence-electron chi connectivity index (χ4n) is 0.139. The van der Waals surface area contributed by atoms with Crippen LogP contribution in [0.2, 0.25) is 0 Å². The SMILES string of the molecule is O.O=P(O)(O)OP(=O)(O)O.[Co]. The van der Waals surface area contributed by atoms with Gasteiger partial charge in [0.05, 0.1) is 0 Å². The average molecular weight is 255 g/mol. The maximum Gasteiger partial charge on any atom is 0.478 e. The van der Waals surface area contributed by atoms with Gasteiger partial charge in [0.25, 0.3) is 0 Å². The molecule has 11 heavy (non-hydrogen) atoms. The minimum absolute atomic E-state index is 0. The molecule has 0 aliphatic carbocycles. The Morgan fingerprint density at radius 3 is 1.09 bits per heavy atom. The molecule has 0 aromatic heterocycles. The van der Waals surface area contributed by atoms with Crippen LogP contribution in [0.25, 0.3) is 0 Å². The number of hydrogen-bond donors (Lipinski definition) is 4. The van der Waals surface area contributed by atoms with E-state index in [0.717, 1.165) is 0 Å². The Hall–Kier alpha value is 0.726. The second-order valence-corrected chi connectivity index (χ2v) is 3.68. The Labute approximate surface area is 71.6 Å². The summed E-state index contributed by atoms with van der Waals surface area (Å²) in [6.07, 6.45) is 0. The predicted molar refractivity (Wildman–Crippen MR) is 28.8 cm³/mol. The van der Waals surface area contributed by atoms with Gasteiger partial charge < -0.3 is 25.0 Å². The minimum atomic E-state index is -5.05. The first-order chi connectivity index (χ1) is 3.71. The van der Waals surface area contributed by atoms with Crippen LogP contribution in [-0.4, -0.2) is 25.0 Å². The van der Waals surface area contributed by atoms with E-state index in [1.54, 1.807) is 0 Å². The van der Waals surface area contributed by atoms with Crippen LogP contribution in [-0.2, 0) is 30.2 Å². The molecular formula is H6CoO8P2. The van der Waals surface area contributed by atoms with Gasteiger partial charge in [-0.15, -0.1) is 0 Å². The van der Waals surface area contributed by atoms with Gasteiger partial charge in [0.1, 0.15) is 0 Å². The molecule has 0 amide bonds. The molecule has 0 unspecified atom stereocenters. The maximum absolute atomic E-state index is 9.63. The molecule has 73 valence electrons. The summed E-state index contributed by atoms with van der Waals surface area (Å²) in [6, 6.07) is 0. The van der Waals surface area contributed by atoms with Crippen molar-refractivity contribution in [3.63, 3.8) is 0 Å². The van der Waals surface area contributed by atoms with Crippen molar-refractivity contribution >= 4 is 15.6 Å². The van der Waals surface area contributed by atoms with Crippen LogP contribution >= 0.6 is 15.6 Å². The van der Waals surface area contributed by atoms with Crippen molar-refractivity contribution in [2.75, 3.05) is 0 Å². The molecule has 0 atom stereocenters. The monoisotopic (exact) mass is 255 g/mol. The zero-order valence-electron chi connectivity index (χ0n) is 4.74. The minimum Gasteiger partial charge on any atom is -0.412 e. The van der Waals surface area contributed by atoms with Crippen molar-refractivity contribution in [3.8, 4) is 0 Å². The van der Waals surface area contributed by atoms with Crippen molar-refractivity contribution in [2.45, 2.75) is 0 Å². The van der Waals surface area contributed by atoms with Crippen LogP contribution in [0.3, 0.4) is 0 Å². The summed E-state index contributed by atoms with van der Waals surface area (Å²) < 4.78 is 22.2. The first-order valence-corrected chi connectivity index (χ1v) is 4.59. The Morgan fingerprint density at radius 1 is 0.909 bits per heavy atom. The van der Waals surface area contributed by atoms with Crippen molar-refractivity contribution in [1.29, 1.82) is 0 Å². The van der Waals surface area contributed by atoms with Gasteiger partial charge in [-0.05, 0) is 0 Å². The third-order valence-electron chi connectivity index (χ3n) is 0.213. The van der Waals surface area contributed by atoms with Crippen molar-refractivity contribution < 1.29 is 55.3 Å². The zero-order chi connectivity index (χ0) is 7.71. The molecule has 0 aromatic rings. The number of phosphoric acid groups is 2. The van der Waals surface area contributed by atoms with E-state index < -0.39 is 15.6 Å². The normalized spacial score (nSPS) is 11.3. The molecule has 0 aliphatic heterocycles. The topological polar surface area (TPSA) is 156 Å². The van der Waals surface area contributed by atoms with Crippen LogP contribution < -0.4 is 0 Å². The predicted octanol–water partition coefficient (Wildman–Crippen LogP) is -1.64. The first kappa shape index (κ1) is 17.7. The Balaban J connectivity index is -0.000000320. The molecule has 0 aliphatic rings. The van der Waals surface area contributed by atoms with Crippen LogP contribution in [0.4, 0.5) is 0 Å². The van der Waals surface area contributed by atoms with E-state index in [0.29, 0.717) is 0 Å². The summed E-state index contributed by atoms with van der Waals surface area (Å²) in [7, 11) is -10.1. The van der Waals surface area contributed by atoms with Crippen LogP contribution in [0.15, 0.2) is 0 Å². The Kier molecular flexibility index (Phi) is 8.67. The fraction of sp³-hybridized carbons (Fsp3) is 0. The summed E-state index contributed by atoms with van der Waals surface area (Å²) in [6.45, 7) is 0. The molecule has 0 fully saturated rings. The molecule has 11 heteroatoms. The quantitative estimate of drug-likeness (QED) is 0.431. The molecule has 0 aromatic carbocycles. The van der Waals surface area contributed by atoms with Crippen molar-refractivity contribution in [1.82, 2.24) is 0 Å². The smallest absolute Gasteiger partial charge is 0.412 e. The van der Waals surface area contributed by atoms with E-state index in [9.17, 15) is 9.13 Å². The van der Waals surface area contributed by atoms with Gasteiger partial charge in [0.15, 0.2) is 0 Å². The molecule has 0 spiro atoms. The zero-order valence-corrected chi connectivity index (χ0v) is 7.57. The molecule has 0 bridgehead atoms. The van der Waals surface area contributed by atoms with Crippen molar-refractivity contribution in [3.05, 3.63) is 0 Å². The summed E-state index contributed by atoms with van der Waals surface area (Å²) in [5.41, 5.74) is 0. The third kappa shape index (κ3) is 18.1. The number of hydrogen-bond acceptors (Lipinski definition) is 3. The summed E-state index contributed by atoms with van der Waals surface area (Å²) in [5.74, 6) is 0. The largest absolute Gasteiger partial charge is 0.478 e. The Bertz CT molecular complexity index is 153. The molecule has 0 saturated carbocycles. The first-order valence-electron chi connectivity index (χ1n) is 1.53. The average Bonchev–Trinajstić information content (AvgIpc) is 1.14. The van der Waals surface area contributed by atoms with Gasteiger partial charge in [-0.25, -0.2) is 9.13 Å². The number of rotatable bonds is 2. The molecular weight excluding hydrogens is 249 g/mol. The van der Waals surface area contributed by atoms with Crippen LogP contribution in [0.5, 0.6) is 0 Å². The molecule has 8 nitrogen and oxygen atoms in total. The van der Waals surface area contributed by atoms with E-state index in [-0.39, 0.29) is 22.3 Å². The van der Waals surface area contributed by atoms with E-state index in [4.69, 9.17) is 19.6 Å². The Morgan fingerprint density at radius 2 is 1.09 bits per heavy atom. The van der Waals surface area contributed by atoms with Gasteiger partial charge in [-0.3, -0.25) is 0 Å². The molecule has 0 heterocycles. The van der Waals surface area contributed by atoms with Crippen LogP contribution in [0, 0.1) is 0 Å². The van der Waals surface area contributed by atoms with Gasteiger partial charge in [-0.2, -0.15) is 4.31 Å². The standard InChI is InChI=1S/Co.H4O7P2.H2O/c;1-8(2,3)7-9(4,5)6;/h;(H2,1,2,3)(H2,4,5,6);1H2. The molecule has 0 rings (SSSR count). The van der Waals surface area contributed by atoms with Gasteiger partial charge >= 0.3 is 15.6 Å². The van der Waals surface area contributed by atoms with E-state index in [2.05, 4.69) is 4.31 Å². The van der Waals surface area contributed by atoms with E-state index in [1.165, 1.54) is 0 Å². The second kappa shape index (κ2) is 5.39. The van der Waals surface area contributed by atoms with Crippen LogP contribution in [0.1, 0.15) is 0 Å². The maximum atomic E-state index is 9.63. The van der Waals surface area contributed by atoms with E-state index >= 15 is 0 Å². The van der Waals surface area contributed by atoms with E-state index in [1.807, 2.05) is 0 Å². The molecule has 6 N–H and O–H groups in total. The molecule has 1 radical (unpaired) electrons. The summed E-state index contributed by atoms with van der Waals surface area (Å²) in [4.78, 5) is 31.0. The second-order valence-electron chi connectivity index (χ2n) is 1.06. The van der Waals surface area contributed by atoms with Gasteiger partial charge in [-0.1, -0.05) is 0 Å². The van der Waals surface area contributed by atoms with Crippen molar-refractivity contribution in [2.24, 2.45) is 0 Å². The fourth-order valence-corrected chi connectivity index (χ4v) is 1.25. The van der Waals surface area contributed by atoms with Gasteiger partial charge in [0, 0.05) is 16.8 Å².